The number of hydrogen-bond donors (Lipinski definition) is 0. The van der Waals surface area contributed by atoms with E-state index in [0.29, 0.717) is 11.8 Å². The van der Waals surface area contributed by atoms with E-state index in [1.54, 1.807) is 6.26 Å². The molecule has 7 rings (SSSR count). The number of furan rings is 1. The van der Waals surface area contributed by atoms with Crippen molar-refractivity contribution in [1.29, 1.82) is 0 Å². The summed E-state index contributed by atoms with van der Waals surface area (Å²) in [5.41, 5.74) is 6.30. The third kappa shape index (κ3) is 3.70. The zero-order valence-electron chi connectivity index (χ0n) is 19.4. The number of amides is 1. The maximum Gasteiger partial charge on any atom is 0.225 e. The third-order valence-electron chi connectivity index (χ3n) is 7.44. The van der Waals surface area contributed by atoms with Gasteiger partial charge in [-0.1, -0.05) is 30.3 Å². The molecule has 35 heavy (non-hydrogen) atoms. The van der Waals surface area contributed by atoms with E-state index in [-0.39, 0.29) is 5.92 Å². The summed E-state index contributed by atoms with van der Waals surface area (Å²) in [5.74, 6) is 2.04. The molecule has 6 nitrogen and oxygen atoms in total. The van der Waals surface area contributed by atoms with Crippen LogP contribution in [0.5, 0.6) is 0 Å². The molecule has 0 spiro atoms. The van der Waals surface area contributed by atoms with Crippen molar-refractivity contribution in [3.8, 4) is 22.5 Å². The minimum absolute atomic E-state index is 0.289. The molecule has 2 aliphatic rings. The molecule has 4 heterocycles. The van der Waals surface area contributed by atoms with Gasteiger partial charge in [0.2, 0.25) is 5.91 Å². The molecule has 0 N–H and O–H groups in total. The largest absolute Gasteiger partial charge is 0.464 e. The number of carbonyl (C=O) groups excluding carboxylic acids is 1. The van der Waals surface area contributed by atoms with Crippen molar-refractivity contribution in [2.45, 2.75) is 25.8 Å². The van der Waals surface area contributed by atoms with Crippen molar-refractivity contribution < 1.29 is 9.21 Å². The number of fused-ring (bicyclic) bond motifs is 2. The average Bonchev–Trinajstić information content (AvgIpc) is 3.30. The highest BCUT2D eigenvalue weighted by atomic mass is 16.3. The molecule has 1 aliphatic carbocycles. The van der Waals surface area contributed by atoms with Gasteiger partial charge in [-0.05, 0) is 60.6 Å². The van der Waals surface area contributed by atoms with E-state index < -0.39 is 0 Å². The van der Waals surface area contributed by atoms with Gasteiger partial charge in [-0.2, -0.15) is 0 Å². The molecule has 2 aromatic carbocycles. The summed E-state index contributed by atoms with van der Waals surface area (Å²) in [5, 5.41) is 1.10. The Morgan fingerprint density at radius 2 is 1.80 bits per heavy atom. The van der Waals surface area contributed by atoms with Crippen LogP contribution in [-0.4, -0.2) is 38.4 Å². The van der Waals surface area contributed by atoms with Gasteiger partial charge in [0.15, 0.2) is 0 Å². The van der Waals surface area contributed by atoms with Crippen LogP contribution in [0, 0.1) is 11.8 Å². The van der Waals surface area contributed by atoms with Crippen LogP contribution in [-0.2, 0) is 11.3 Å². The number of likely N-dealkylation sites (tertiary alicyclic amines) is 1. The van der Waals surface area contributed by atoms with Crippen molar-refractivity contribution in [3.63, 3.8) is 0 Å². The number of nitrogens with zero attached hydrogens (tertiary/aromatic N) is 4. The number of pyridine rings is 1. The molecule has 0 radical (unpaired) electrons. The number of aromatic nitrogens is 3. The first-order valence-corrected chi connectivity index (χ1v) is 12.4. The summed E-state index contributed by atoms with van der Waals surface area (Å²) >= 11 is 0. The van der Waals surface area contributed by atoms with Crippen LogP contribution in [0.3, 0.4) is 0 Å². The number of benzene rings is 2. The maximum atomic E-state index is 12.6. The smallest absolute Gasteiger partial charge is 0.225 e. The Kier molecular flexibility index (Phi) is 4.72. The number of rotatable bonds is 5. The van der Waals surface area contributed by atoms with Crippen molar-refractivity contribution in [1.82, 2.24) is 19.4 Å². The molecule has 1 saturated heterocycles. The van der Waals surface area contributed by atoms with Gasteiger partial charge in [-0.25, -0.2) is 4.98 Å². The van der Waals surface area contributed by atoms with Crippen LogP contribution in [0.4, 0.5) is 0 Å². The maximum absolute atomic E-state index is 12.6. The Bertz CT molecular complexity index is 1540. The SMILES string of the molecule is O=C(C1CC1)N1CC[C@H](Cn2c(-c3ccc(-c4ccc5occc5c4)cc3)nc3cnccc32)C1. The van der Waals surface area contributed by atoms with Crippen LogP contribution in [0.15, 0.2) is 77.7 Å². The lowest BCUT2D eigenvalue weighted by atomic mass is 10.0. The van der Waals surface area contributed by atoms with Crippen LogP contribution < -0.4 is 0 Å². The second-order valence-corrected chi connectivity index (χ2v) is 9.87. The number of carbonyl (C=O) groups is 1. The molecule has 1 amide bonds. The summed E-state index contributed by atoms with van der Waals surface area (Å²) < 4.78 is 7.80. The normalized spacial score (nSPS) is 18.1. The zero-order valence-corrected chi connectivity index (χ0v) is 19.4. The summed E-state index contributed by atoms with van der Waals surface area (Å²) in [6, 6.07) is 18.9. The quantitative estimate of drug-likeness (QED) is 0.333. The summed E-state index contributed by atoms with van der Waals surface area (Å²) in [7, 11) is 0. The minimum Gasteiger partial charge on any atom is -0.464 e. The van der Waals surface area contributed by atoms with E-state index in [0.717, 1.165) is 83.4 Å². The van der Waals surface area contributed by atoms with Gasteiger partial charge in [0.05, 0.1) is 18.0 Å². The van der Waals surface area contributed by atoms with E-state index >= 15 is 0 Å². The first-order chi connectivity index (χ1) is 17.2. The fourth-order valence-corrected chi connectivity index (χ4v) is 5.37. The van der Waals surface area contributed by atoms with Gasteiger partial charge in [0.1, 0.15) is 16.9 Å². The lowest BCUT2D eigenvalue weighted by Crippen LogP contribution is -2.30. The monoisotopic (exact) mass is 462 g/mol. The van der Waals surface area contributed by atoms with Gasteiger partial charge in [-0.3, -0.25) is 9.78 Å². The van der Waals surface area contributed by atoms with Crippen LogP contribution in [0.25, 0.3) is 44.5 Å². The predicted molar refractivity (Wildman–Crippen MR) is 136 cm³/mol. The second-order valence-electron chi connectivity index (χ2n) is 9.87. The Hall–Kier alpha value is -3.93. The Morgan fingerprint density at radius 3 is 2.66 bits per heavy atom. The van der Waals surface area contributed by atoms with E-state index in [1.165, 1.54) is 0 Å². The topological polar surface area (TPSA) is 64.2 Å². The number of hydrogen-bond acceptors (Lipinski definition) is 4. The minimum atomic E-state index is 0.289. The van der Waals surface area contributed by atoms with Gasteiger partial charge in [0, 0.05) is 42.7 Å². The van der Waals surface area contributed by atoms with Gasteiger partial charge in [0.25, 0.3) is 0 Å². The first kappa shape index (κ1) is 20.4. The molecule has 1 saturated carbocycles. The lowest BCUT2D eigenvalue weighted by molar-refractivity contribution is -0.131. The van der Waals surface area contributed by atoms with E-state index in [2.05, 4.69) is 50.8 Å². The molecule has 6 heteroatoms. The highest BCUT2D eigenvalue weighted by Gasteiger charge is 2.36. The van der Waals surface area contributed by atoms with Crippen molar-refractivity contribution in [3.05, 3.63) is 73.3 Å². The summed E-state index contributed by atoms with van der Waals surface area (Å²) in [6.07, 6.45) is 8.56. The standard InChI is InChI=1S/C29H26N4O2/c34-29(22-5-6-22)32-13-10-19(17-32)18-33-26-9-12-30-16-25(26)31-28(33)21-3-1-20(2-4-21)23-7-8-27-24(15-23)11-14-35-27/h1-4,7-9,11-12,14-16,19,22H,5-6,10,13,17-18H2/t19-/m0/s1. The highest BCUT2D eigenvalue weighted by molar-refractivity contribution is 5.84. The average molecular weight is 463 g/mol. The third-order valence-corrected chi connectivity index (χ3v) is 7.44. The molecular formula is C29H26N4O2. The molecule has 1 atom stereocenters. The summed E-state index contributed by atoms with van der Waals surface area (Å²) in [6.45, 7) is 2.57. The predicted octanol–water partition coefficient (Wildman–Crippen LogP) is 5.77. The van der Waals surface area contributed by atoms with Crippen LogP contribution >= 0.6 is 0 Å². The van der Waals surface area contributed by atoms with Crippen molar-refractivity contribution in [2.24, 2.45) is 11.8 Å². The van der Waals surface area contributed by atoms with E-state index in [4.69, 9.17) is 9.40 Å². The molecule has 0 bridgehead atoms. The zero-order chi connectivity index (χ0) is 23.4. The molecule has 0 unspecified atom stereocenters. The van der Waals surface area contributed by atoms with E-state index in [1.807, 2.05) is 30.6 Å². The Morgan fingerprint density at radius 1 is 0.971 bits per heavy atom. The van der Waals surface area contributed by atoms with Gasteiger partial charge < -0.3 is 13.9 Å². The van der Waals surface area contributed by atoms with Crippen molar-refractivity contribution in [2.75, 3.05) is 13.1 Å². The molecule has 3 aromatic heterocycles. The van der Waals surface area contributed by atoms with Crippen LogP contribution in [0.2, 0.25) is 0 Å². The Balaban J connectivity index is 1.19. The molecule has 1 aliphatic heterocycles. The van der Waals surface area contributed by atoms with Crippen molar-refractivity contribution >= 4 is 27.9 Å². The molecule has 5 aromatic rings. The molecular weight excluding hydrogens is 436 g/mol. The Labute approximate surface area is 203 Å². The van der Waals surface area contributed by atoms with Gasteiger partial charge in [-0.15, -0.1) is 0 Å². The lowest BCUT2D eigenvalue weighted by Gasteiger charge is -2.18. The fraction of sp³-hybridized carbons (Fsp3) is 0.276. The van der Waals surface area contributed by atoms with Gasteiger partial charge >= 0.3 is 0 Å². The summed E-state index contributed by atoms with van der Waals surface area (Å²) in [4.78, 5) is 23.9. The van der Waals surface area contributed by atoms with E-state index in [9.17, 15) is 4.79 Å². The number of imidazole rings is 1. The first-order valence-electron chi connectivity index (χ1n) is 12.4. The second kappa shape index (κ2) is 8.08. The molecule has 174 valence electrons. The fourth-order valence-electron chi connectivity index (χ4n) is 5.37. The van der Waals surface area contributed by atoms with Crippen LogP contribution in [0.1, 0.15) is 19.3 Å². The highest BCUT2D eigenvalue weighted by Crippen LogP contribution is 2.34. The molecule has 2 fully saturated rings.